The maximum absolute atomic E-state index is 13.4. The van der Waals surface area contributed by atoms with E-state index in [-0.39, 0.29) is 23.0 Å². The summed E-state index contributed by atoms with van der Waals surface area (Å²) in [7, 11) is 2.90. The fourth-order valence-corrected chi connectivity index (χ4v) is 4.10. The highest BCUT2D eigenvalue weighted by Crippen LogP contribution is 2.43. The van der Waals surface area contributed by atoms with Gasteiger partial charge in [0.25, 0.3) is 11.7 Å². The molecule has 0 spiro atoms. The number of amides is 1. The number of anilines is 1. The molecule has 1 fully saturated rings. The number of ketones is 1. The molecule has 2 aromatic carbocycles. The van der Waals surface area contributed by atoms with Crippen molar-refractivity contribution >= 4 is 29.1 Å². The molecule has 0 saturated carbocycles. The maximum atomic E-state index is 13.4. The minimum atomic E-state index is -1.04. The molecule has 1 amide bonds. The van der Waals surface area contributed by atoms with Gasteiger partial charge in [0, 0.05) is 11.9 Å². The third kappa shape index (κ3) is 4.88. The van der Waals surface area contributed by atoms with Gasteiger partial charge in [-0.2, -0.15) is 0 Å². The monoisotopic (exact) mass is 502 g/mol. The van der Waals surface area contributed by atoms with Crippen molar-refractivity contribution in [3.8, 4) is 11.5 Å². The Balaban J connectivity index is 1.87. The van der Waals surface area contributed by atoms with Crippen LogP contribution in [0.5, 0.6) is 11.5 Å². The van der Waals surface area contributed by atoms with Crippen molar-refractivity contribution in [2.24, 2.45) is 0 Å². The van der Waals surface area contributed by atoms with E-state index in [1.807, 2.05) is 0 Å². The van der Waals surface area contributed by atoms with Crippen LogP contribution in [0.25, 0.3) is 5.76 Å². The second-order valence-corrected chi connectivity index (χ2v) is 8.49. The largest absolute Gasteiger partial charge is 0.507 e. The molecule has 4 rings (SSSR count). The lowest BCUT2D eigenvalue weighted by Crippen LogP contribution is -2.29. The van der Waals surface area contributed by atoms with Crippen molar-refractivity contribution in [3.63, 3.8) is 0 Å². The number of carbonyl (C=O) groups excluding carboxylic acids is 3. The fourth-order valence-electron chi connectivity index (χ4n) is 4.10. The number of rotatable bonds is 7. The number of methoxy groups -OCH3 is 2. The van der Waals surface area contributed by atoms with E-state index in [1.165, 1.54) is 43.5 Å². The summed E-state index contributed by atoms with van der Waals surface area (Å²) in [6, 6.07) is 14.9. The van der Waals surface area contributed by atoms with Gasteiger partial charge in [-0.3, -0.25) is 19.5 Å². The summed E-state index contributed by atoms with van der Waals surface area (Å²) in [5.74, 6) is -1.95. The first-order chi connectivity index (χ1) is 17.8. The van der Waals surface area contributed by atoms with E-state index < -0.39 is 29.5 Å². The van der Waals surface area contributed by atoms with Gasteiger partial charge in [0.05, 0.1) is 42.7 Å². The number of hydrogen-bond donors (Lipinski definition) is 1. The molecule has 1 aliphatic heterocycles. The molecule has 190 valence electrons. The molecule has 1 aliphatic rings. The van der Waals surface area contributed by atoms with Gasteiger partial charge < -0.3 is 19.3 Å². The maximum Gasteiger partial charge on any atom is 0.338 e. The van der Waals surface area contributed by atoms with Gasteiger partial charge in [0.2, 0.25) is 0 Å². The molecule has 3 aromatic rings. The third-order valence-corrected chi connectivity index (χ3v) is 5.80. The van der Waals surface area contributed by atoms with Crippen molar-refractivity contribution in [2.75, 3.05) is 19.1 Å². The van der Waals surface area contributed by atoms with Gasteiger partial charge in [-0.1, -0.05) is 6.07 Å². The van der Waals surface area contributed by atoms with E-state index in [9.17, 15) is 19.5 Å². The Morgan fingerprint density at radius 2 is 1.73 bits per heavy atom. The first-order valence-electron chi connectivity index (χ1n) is 11.5. The van der Waals surface area contributed by atoms with Crippen LogP contribution in [0.3, 0.4) is 0 Å². The number of aliphatic hydroxyl groups excluding tert-OH is 1. The Morgan fingerprint density at radius 1 is 1.00 bits per heavy atom. The predicted molar refractivity (Wildman–Crippen MR) is 136 cm³/mol. The van der Waals surface area contributed by atoms with Crippen LogP contribution in [0, 0.1) is 0 Å². The summed E-state index contributed by atoms with van der Waals surface area (Å²) < 4.78 is 15.9. The first kappa shape index (κ1) is 25.4. The zero-order valence-electron chi connectivity index (χ0n) is 20.8. The molecule has 1 saturated heterocycles. The van der Waals surface area contributed by atoms with Crippen LogP contribution in [-0.2, 0) is 14.3 Å². The Hall–Kier alpha value is -4.66. The summed E-state index contributed by atoms with van der Waals surface area (Å²) >= 11 is 0. The molecule has 0 radical (unpaired) electrons. The van der Waals surface area contributed by atoms with E-state index in [4.69, 9.17) is 14.2 Å². The summed E-state index contributed by atoms with van der Waals surface area (Å²) in [6.07, 6.45) is 1.25. The number of nitrogens with zero attached hydrogens (tertiary/aromatic N) is 2. The van der Waals surface area contributed by atoms with Gasteiger partial charge in [-0.25, -0.2) is 4.79 Å². The summed E-state index contributed by atoms with van der Waals surface area (Å²) in [5.41, 5.74) is 1.04. The van der Waals surface area contributed by atoms with Crippen LogP contribution in [-0.4, -0.2) is 48.1 Å². The molecule has 9 nitrogen and oxygen atoms in total. The third-order valence-electron chi connectivity index (χ3n) is 5.80. The van der Waals surface area contributed by atoms with Gasteiger partial charge in [-0.15, -0.1) is 0 Å². The lowest BCUT2D eigenvalue weighted by atomic mass is 9.97. The van der Waals surface area contributed by atoms with Crippen molar-refractivity contribution in [1.82, 2.24) is 4.98 Å². The number of aromatic nitrogens is 1. The summed E-state index contributed by atoms with van der Waals surface area (Å²) in [4.78, 5) is 44.6. The molecule has 1 aromatic heterocycles. The number of Topliss-reactive ketones (excluding diaryl/α,β-unsaturated/α-hetero) is 1. The minimum Gasteiger partial charge on any atom is -0.507 e. The highest BCUT2D eigenvalue weighted by Gasteiger charge is 2.48. The Bertz CT molecular complexity index is 1370. The number of aliphatic hydroxyl groups is 1. The number of hydrogen-bond acceptors (Lipinski definition) is 8. The molecule has 0 bridgehead atoms. The molecule has 1 N–H and O–H groups in total. The quantitative estimate of drug-likeness (QED) is 0.220. The van der Waals surface area contributed by atoms with Crippen molar-refractivity contribution < 1.29 is 33.7 Å². The number of pyridine rings is 1. The second kappa shape index (κ2) is 10.5. The average Bonchev–Trinajstić information content (AvgIpc) is 3.18. The molecular weight excluding hydrogens is 476 g/mol. The van der Waals surface area contributed by atoms with Crippen LogP contribution in [0.15, 0.2) is 72.4 Å². The number of esters is 1. The van der Waals surface area contributed by atoms with E-state index >= 15 is 0 Å². The summed E-state index contributed by atoms with van der Waals surface area (Å²) in [6.45, 7) is 3.49. The topological polar surface area (TPSA) is 115 Å². The molecule has 0 aliphatic carbocycles. The number of benzene rings is 2. The van der Waals surface area contributed by atoms with Crippen molar-refractivity contribution in [2.45, 2.75) is 26.0 Å². The molecule has 1 unspecified atom stereocenters. The number of ether oxygens (including phenoxy) is 3. The predicted octanol–water partition coefficient (Wildman–Crippen LogP) is 4.29. The highest BCUT2D eigenvalue weighted by atomic mass is 16.5. The van der Waals surface area contributed by atoms with Crippen molar-refractivity contribution in [1.29, 1.82) is 0 Å². The standard InChI is InChI=1S/C28H26N2O7/c1-16(2)37-28(34)17-8-10-18(11-9-17)30-24(21-7-5-6-14-29-21)23(26(32)27(30)33)25(31)20-15-19(35-3)12-13-22(20)36-4/h5-16,24,31H,1-4H3/b25-23+. The highest BCUT2D eigenvalue weighted by molar-refractivity contribution is 6.51. The minimum absolute atomic E-state index is 0.154. The first-order valence-corrected chi connectivity index (χ1v) is 11.5. The zero-order valence-corrected chi connectivity index (χ0v) is 20.8. The van der Waals surface area contributed by atoms with E-state index in [0.29, 0.717) is 22.7 Å². The van der Waals surface area contributed by atoms with Gasteiger partial charge in [0.15, 0.2) is 0 Å². The van der Waals surface area contributed by atoms with Crippen LogP contribution in [0.1, 0.15) is 41.5 Å². The van der Waals surface area contributed by atoms with Crippen molar-refractivity contribution in [3.05, 3.63) is 89.3 Å². The second-order valence-electron chi connectivity index (χ2n) is 8.49. The SMILES string of the molecule is COc1ccc(OC)c(/C(O)=C2\C(=O)C(=O)N(c3ccc(C(=O)OC(C)C)cc3)C2c2ccccn2)c1. The van der Waals surface area contributed by atoms with Gasteiger partial charge in [0.1, 0.15) is 23.3 Å². The number of carbonyl (C=O) groups is 3. The molecule has 9 heteroatoms. The lowest BCUT2D eigenvalue weighted by Gasteiger charge is -2.25. The van der Waals surface area contributed by atoms with Crippen LogP contribution < -0.4 is 14.4 Å². The van der Waals surface area contributed by atoms with Gasteiger partial charge in [-0.05, 0) is 68.4 Å². The molecule has 1 atom stereocenters. The molecule has 37 heavy (non-hydrogen) atoms. The Labute approximate surface area is 213 Å². The van der Waals surface area contributed by atoms with E-state index in [0.717, 1.165) is 0 Å². The molecule has 2 heterocycles. The average molecular weight is 503 g/mol. The van der Waals surface area contributed by atoms with Gasteiger partial charge >= 0.3 is 5.97 Å². The zero-order chi connectivity index (χ0) is 26.7. The molecular formula is C28H26N2O7. The van der Waals surface area contributed by atoms with E-state index in [2.05, 4.69) is 4.98 Å². The normalized spacial score (nSPS) is 16.7. The summed E-state index contributed by atoms with van der Waals surface area (Å²) in [5, 5.41) is 11.4. The smallest absolute Gasteiger partial charge is 0.338 e. The van der Waals surface area contributed by atoms with E-state index in [1.54, 1.807) is 56.3 Å². The lowest BCUT2D eigenvalue weighted by molar-refractivity contribution is -0.132. The van der Waals surface area contributed by atoms with Crippen LogP contribution >= 0.6 is 0 Å². The Kier molecular flexibility index (Phi) is 7.24. The van der Waals surface area contributed by atoms with Crippen LogP contribution in [0.4, 0.5) is 5.69 Å². The fraction of sp³-hybridized carbons (Fsp3) is 0.214. The van der Waals surface area contributed by atoms with Crippen LogP contribution in [0.2, 0.25) is 0 Å². The Morgan fingerprint density at radius 3 is 2.32 bits per heavy atom.